The van der Waals surface area contributed by atoms with Crippen LogP contribution in [0.4, 0.5) is 4.39 Å². The highest BCUT2D eigenvalue weighted by Gasteiger charge is 2.19. The smallest absolute Gasteiger partial charge is 0.142 e. The van der Waals surface area contributed by atoms with E-state index in [2.05, 4.69) is 0 Å². The molecule has 1 heterocycles. The van der Waals surface area contributed by atoms with Gasteiger partial charge in [0, 0.05) is 13.2 Å². The van der Waals surface area contributed by atoms with Gasteiger partial charge in [-0.25, -0.2) is 4.39 Å². The molecule has 0 saturated carbocycles. The van der Waals surface area contributed by atoms with Crippen LogP contribution >= 0.6 is 11.6 Å². The summed E-state index contributed by atoms with van der Waals surface area (Å²) in [6.45, 7) is 1.51. The zero-order chi connectivity index (χ0) is 12.3. The fraction of sp³-hybridized carbons (Fsp3) is 0.538. The van der Waals surface area contributed by atoms with Crippen LogP contribution in [-0.2, 0) is 4.74 Å². The van der Waals surface area contributed by atoms with Gasteiger partial charge in [-0.1, -0.05) is 17.7 Å². The van der Waals surface area contributed by atoms with E-state index in [9.17, 15) is 9.50 Å². The molecule has 0 amide bonds. The Hall–Kier alpha value is -0.640. The highest BCUT2D eigenvalue weighted by atomic mass is 35.5. The van der Waals surface area contributed by atoms with E-state index in [0.29, 0.717) is 17.9 Å². The first-order chi connectivity index (χ1) is 8.16. The summed E-state index contributed by atoms with van der Waals surface area (Å²) < 4.78 is 18.5. The molecule has 1 aliphatic heterocycles. The maximum atomic E-state index is 13.3. The van der Waals surface area contributed by atoms with Gasteiger partial charge in [-0.05, 0) is 42.9 Å². The van der Waals surface area contributed by atoms with Crippen LogP contribution in [0.3, 0.4) is 0 Å². The third-order valence-electron chi connectivity index (χ3n) is 3.23. The van der Waals surface area contributed by atoms with Crippen molar-refractivity contribution in [3.05, 3.63) is 34.6 Å². The number of hydrogen-bond donors (Lipinski definition) is 1. The lowest BCUT2D eigenvalue weighted by Gasteiger charge is -2.24. The van der Waals surface area contributed by atoms with Gasteiger partial charge < -0.3 is 9.84 Å². The quantitative estimate of drug-likeness (QED) is 0.901. The maximum Gasteiger partial charge on any atom is 0.142 e. The van der Waals surface area contributed by atoms with Gasteiger partial charge in [-0.2, -0.15) is 0 Å². The SMILES string of the molecule is OC(CC1CCOCC1)c1ccc(Cl)c(F)c1. The standard InChI is InChI=1S/C13H16ClFO2/c14-11-2-1-10(8-12(11)15)13(16)7-9-3-5-17-6-4-9/h1-2,8-9,13,16H,3-7H2. The Morgan fingerprint density at radius 2 is 2.12 bits per heavy atom. The topological polar surface area (TPSA) is 29.5 Å². The predicted octanol–water partition coefficient (Wildman–Crippen LogP) is 3.33. The van der Waals surface area contributed by atoms with E-state index in [1.165, 1.54) is 12.1 Å². The predicted molar refractivity (Wildman–Crippen MR) is 64.5 cm³/mol. The maximum absolute atomic E-state index is 13.3. The lowest BCUT2D eigenvalue weighted by atomic mass is 9.91. The summed E-state index contributed by atoms with van der Waals surface area (Å²) in [4.78, 5) is 0. The van der Waals surface area contributed by atoms with Crippen molar-refractivity contribution in [2.45, 2.75) is 25.4 Å². The van der Waals surface area contributed by atoms with Crippen LogP contribution in [0.25, 0.3) is 0 Å². The summed E-state index contributed by atoms with van der Waals surface area (Å²) >= 11 is 5.60. The fourth-order valence-corrected chi connectivity index (χ4v) is 2.27. The molecule has 1 atom stereocenters. The van der Waals surface area contributed by atoms with Crippen LogP contribution in [0.5, 0.6) is 0 Å². The van der Waals surface area contributed by atoms with Gasteiger partial charge >= 0.3 is 0 Å². The fourth-order valence-electron chi connectivity index (χ4n) is 2.15. The van der Waals surface area contributed by atoms with Crippen molar-refractivity contribution in [2.24, 2.45) is 5.92 Å². The van der Waals surface area contributed by atoms with Gasteiger partial charge in [-0.3, -0.25) is 0 Å². The number of benzene rings is 1. The van der Waals surface area contributed by atoms with Crippen molar-refractivity contribution in [2.75, 3.05) is 13.2 Å². The van der Waals surface area contributed by atoms with Crippen LogP contribution in [0.15, 0.2) is 18.2 Å². The number of rotatable bonds is 3. The third-order valence-corrected chi connectivity index (χ3v) is 3.53. The van der Waals surface area contributed by atoms with Gasteiger partial charge in [0.2, 0.25) is 0 Å². The van der Waals surface area contributed by atoms with Crippen LogP contribution in [0.2, 0.25) is 5.02 Å². The summed E-state index contributed by atoms with van der Waals surface area (Å²) in [6, 6.07) is 4.47. The van der Waals surface area contributed by atoms with E-state index in [4.69, 9.17) is 16.3 Å². The molecule has 1 unspecified atom stereocenters. The molecule has 1 fully saturated rings. The number of ether oxygens (including phenoxy) is 1. The van der Waals surface area contributed by atoms with Gasteiger partial charge in [0.15, 0.2) is 0 Å². The Bertz CT molecular complexity index is 378. The normalized spacial score (nSPS) is 19.2. The first kappa shape index (κ1) is 12.8. The van der Waals surface area contributed by atoms with E-state index >= 15 is 0 Å². The monoisotopic (exact) mass is 258 g/mol. The van der Waals surface area contributed by atoms with Crippen LogP contribution < -0.4 is 0 Å². The van der Waals surface area contributed by atoms with Crippen molar-refractivity contribution in [1.29, 1.82) is 0 Å². The van der Waals surface area contributed by atoms with E-state index in [1.807, 2.05) is 0 Å². The second-order valence-corrected chi connectivity index (χ2v) is 4.89. The molecule has 94 valence electrons. The lowest BCUT2D eigenvalue weighted by molar-refractivity contribution is 0.0434. The Balaban J connectivity index is 1.98. The molecule has 4 heteroatoms. The van der Waals surface area contributed by atoms with E-state index < -0.39 is 11.9 Å². The minimum absolute atomic E-state index is 0.0898. The molecule has 2 rings (SSSR count). The zero-order valence-corrected chi connectivity index (χ0v) is 10.3. The molecule has 2 nitrogen and oxygen atoms in total. The first-order valence-corrected chi connectivity index (χ1v) is 6.25. The first-order valence-electron chi connectivity index (χ1n) is 5.87. The second-order valence-electron chi connectivity index (χ2n) is 4.48. The Morgan fingerprint density at radius 3 is 2.76 bits per heavy atom. The third kappa shape index (κ3) is 3.41. The lowest BCUT2D eigenvalue weighted by Crippen LogP contribution is -2.18. The number of halogens is 2. The summed E-state index contributed by atoms with van der Waals surface area (Å²) in [5, 5.41) is 10.1. The molecule has 1 aromatic carbocycles. The van der Waals surface area contributed by atoms with Crippen LogP contribution in [0.1, 0.15) is 30.9 Å². The molecule has 0 bridgehead atoms. The molecular formula is C13H16ClFO2. The second kappa shape index (κ2) is 5.80. The largest absolute Gasteiger partial charge is 0.388 e. The summed E-state index contributed by atoms with van der Waals surface area (Å²) in [6.07, 6.45) is 1.97. The molecule has 1 aliphatic rings. The molecule has 1 aromatic rings. The van der Waals surface area contributed by atoms with Gasteiger partial charge in [0.1, 0.15) is 5.82 Å². The van der Waals surface area contributed by atoms with Crippen molar-refractivity contribution in [3.63, 3.8) is 0 Å². The van der Waals surface area contributed by atoms with Crippen molar-refractivity contribution < 1.29 is 14.2 Å². The molecule has 17 heavy (non-hydrogen) atoms. The summed E-state index contributed by atoms with van der Waals surface area (Å²) in [5.41, 5.74) is 0.596. The summed E-state index contributed by atoms with van der Waals surface area (Å²) in [5.74, 6) is -0.0207. The number of aliphatic hydroxyl groups is 1. The average Bonchev–Trinajstić information content (AvgIpc) is 2.34. The van der Waals surface area contributed by atoms with Gasteiger partial charge in [0.05, 0.1) is 11.1 Å². The Kier molecular flexibility index (Phi) is 4.37. The van der Waals surface area contributed by atoms with Gasteiger partial charge in [0.25, 0.3) is 0 Å². The van der Waals surface area contributed by atoms with Crippen LogP contribution in [0, 0.1) is 11.7 Å². The van der Waals surface area contributed by atoms with E-state index in [-0.39, 0.29) is 5.02 Å². The average molecular weight is 259 g/mol. The minimum atomic E-state index is -0.620. The molecule has 0 spiro atoms. The van der Waals surface area contributed by atoms with E-state index in [0.717, 1.165) is 26.1 Å². The highest BCUT2D eigenvalue weighted by Crippen LogP contribution is 2.28. The van der Waals surface area contributed by atoms with Crippen molar-refractivity contribution in [1.82, 2.24) is 0 Å². The highest BCUT2D eigenvalue weighted by molar-refractivity contribution is 6.30. The summed E-state index contributed by atoms with van der Waals surface area (Å²) in [7, 11) is 0. The Labute approximate surface area is 105 Å². The van der Waals surface area contributed by atoms with Crippen molar-refractivity contribution >= 4 is 11.6 Å². The molecule has 1 N–H and O–H groups in total. The molecule has 0 aliphatic carbocycles. The molecule has 1 saturated heterocycles. The minimum Gasteiger partial charge on any atom is -0.388 e. The molecule has 0 radical (unpaired) electrons. The Morgan fingerprint density at radius 1 is 1.41 bits per heavy atom. The van der Waals surface area contributed by atoms with Crippen molar-refractivity contribution in [3.8, 4) is 0 Å². The number of aliphatic hydroxyl groups excluding tert-OH is 1. The number of hydrogen-bond acceptors (Lipinski definition) is 2. The van der Waals surface area contributed by atoms with Gasteiger partial charge in [-0.15, -0.1) is 0 Å². The molecule has 0 aromatic heterocycles. The zero-order valence-electron chi connectivity index (χ0n) is 9.53. The van der Waals surface area contributed by atoms with E-state index in [1.54, 1.807) is 6.07 Å². The molecular weight excluding hydrogens is 243 g/mol. The van der Waals surface area contributed by atoms with Crippen LogP contribution in [-0.4, -0.2) is 18.3 Å².